The molecule has 1 aliphatic rings. The predicted octanol–water partition coefficient (Wildman–Crippen LogP) is 3.34. The van der Waals surface area contributed by atoms with Crippen LogP contribution in [0.15, 0.2) is 24.3 Å². The predicted molar refractivity (Wildman–Crippen MR) is 74.7 cm³/mol. The Balaban J connectivity index is 2.06. The monoisotopic (exact) mass is 245 g/mol. The Morgan fingerprint density at radius 3 is 2.72 bits per heavy atom. The third-order valence-corrected chi connectivity index (χ3v) is 4.17. The van der Waals surface area contributed by atoms with E-state index in [1.807, 2.05) is 12.1 Å². The summed E-state index contributed by atoms with van der Waals surface area (Å²) in [5.41, 5.74) is 8.05. The highest BCUT2D eigenvalue weighted by atomic mass is 16.1. The largest absolute Gasteiger partial charge is 0.330 e. The molecule has 98 valence electrons. The number of hydrogen-bond donors (Lipinski definition) is 1. The second kappa shape index (κ2) is 5.66. The molecule has 0 aliphatic heterocycles. The van der Waals surface area contributed by atoms with Gasteiger partial charge in [0, 0.05) is 12.0 Å². The number of rotatable bonds is 6. The Kier molecular flexibility index (Phi) is 4.18. The summed E-state index contributed by atoms with van der Waals surface area (Å²) in [4.78, 5) is 12.3. The molecule has 2 rings (SSSR count). The lowest BCUT2D eigenvalue weighted by molar-refractivity contribution is 0.0786. The first kappa shape index (κ1) is 13.3. The van der Waals surface area contributed by atoms with Gasteiger partial charge in [-0.25, -0.2) is 0 Å². The van der Waals surface area contributed by atoms with Crippen molar-refractivity contribution in [3.8, 4) is 0 Å². The van der Waals surface area contributed by atoms with E-state index < -0.39 is 0 Å². The van der Waals surface area contributed by atoms with Gasteiger partial charge >= 0.3 is 0 Å². The lowest BCUT2D eigenvalue weighted by Gasteiger charge is -2.40. The molecule has 0 atom stereocenters. The summed E-state index contributed by atoms with van der Waals surface area (Å²) >= 11 is 0. The molecule has 2 heteroatoms. The minimum atomic E-state index is 0.109. The maximum Gasteiger partial charge on any atom is 0.163 e. The van der Waals surface area contributed by atoms with Gasteiger partial charge in [-0.05, 0) is 42.9 Å². The first-order valence-corrected chi connectivity index (χ1v) is 7.01. The van der Waals surface area contributed by atoms with E-state index in [4.69, 9.17) is 5.73 Å². The molecule has 1 aromatic carbocycles. The Labute approximate surface area is 110 Å². The SMILES string of the molecule is CCCc1cccc(C(=O)CC2(CN)CCC2)c1. The molecular formula is C16H23NO. The zero-order chi connectivity index (χ0) is 13.0. The van der Waals surface area contributed by atoms with E-state index in [9.17, 15) is 4.79 Å². The molecule has 2 nitrogen and oxygen atoms in total. The molecule has 0 spiro atoms. The lowest BCUT2D eigenvalue weighted by atomic mass is 9.65. The van der Waals surface area contributed by atoms with Gasteiger partial charge < -0.3 is 5.73 Å². The number of Topliss-reactive ketones (excluding diaryl/α,β-unsaturated/α-hetero) is 1. The summed E-state index contributed by atoms with van der Waals surface area (Å²) in [5, 5.41) is 0. The zero-order valence-electron chi connectivity index (χ0n) is 11.2. The van der Waals surface area contributed by atoms with Crippen LogP contribution in [0.3, 0.4) is 0 Å². The van der Waals surface area contributed by atoms with Gasteiger partial charge in [0.1, 0.15) is 0 Å². The van der Waals surface area contributed by atoms with Crippen LogP contribution in [0.25, 0.3) is 0 Å². The summed E-state index contributed by atoms with van der Waals surface area (Å²) in [6.07, 6.45) is 6.24. The van der Waals surface area contributed by atoms with E-state index in [0.29, 0.717) is 13.0 Å². The normalized spacial score (nSPS) is 17.2. The molecule has 0 aromatic heterocycles. The third-order valence-electron chi connectivity index (χ3n) is 4.17. The second-order valence-electron chi connectivity index (χ2n) is 5.61. The van der Waals surface area contributed by atoms with Gasteiger partial charge in [-0.2, -0.15) is 0 Å². The number of nitrogens with two attached hydrogens (primary N) is 1. The molecule has 1 fully saturated rings. The maximum absolute atomic E-state index is 12.3. The van der Waals surface area contributed by atoms with E-state index in [1.165, 1.54) is 12.0 Å². The van der Waals surface area contributed by atoms with Crippen LogP contribution in [0.5, 0.6) is 0 Å². The Hall–Kier alpha value is -1.15. The van der Waals surface area contributed by atoms with Crippen LogP contribution >= 0.6 is 0 Å². The molecule has 1 aromatic rings. The summed E-state index contributed by atoms with van der Waals surface area (Å²) in [7, 11) is 0. The van der Waals surface area contributed by atoms with E-state index in [0.717, 1.165) is 31.2 Å². The van der Waals surface area contributed by atoms with Crippen LogP contribution in [0.1, 0.15) is 54.9 Å². The number of hydrogen-bond acceptors (Lipinski definition) is 2. The van der Waals surface area contributed by atoms with E-state index in [2.05, 4.69) is 19.1 Å². The van der Waals surface area contributed by atoms with Crippen molar-refractivity contribution in [1.82, 2.24) is 0 Å². The zero-order valence-corrected chi connectivity index (χ0v) is 11.2. The fraction of sp³-hybridized carbons (Fsp3) is 0.562. The van der Waals surface area contributed by atoms with Crippen molar-refractivity contribution in [3.05, 3.63) is 35.4 Å². The van der Waals surface area contributed by atoms with Crippen molar-refractivity contribution in [2.24, 2.45) is 11.1 Å². The Bertz CT molecular complexity index is 415. The second-order valence-corrected chi connectivity index (χ2v) is 5.61. The van der Waals surface area contributed by atoms with Crippen LogP contribution < -0.4 is 5.73 Å². The molecular weight excluding hydrogens is 222 g/mol. The van der Waals surface area contributed by atoms with E-state index >= 15 is 0 Å². The fourth-order valence-corrected chi connectivity index (χ4v) is 2.76. The van der Waals surface area contributed by atoms with Gasteiger partial charge in [0.25, 0.3) is 0 Å². The Morgan fingerprint density at radius 1 is 1.39 bits per heavy atom. The molecule has 1 saturated carbocycles. The molecule has 0 heterocycles. The first-order valence-electron chi connectivity index (χ1n) is 7.01. The number of ketones is 1. The van der Waals surface area contributed by atoms with Gasteiger partial charge in [0.15, 0.2) is 5.78 Å². The van der Waals surface area contributed by atoms with Crippen molar-refractivity contribution in [2.45, 2.75) is 45.4 Å². The van der Waals surface area contributed by atoms with E-state index in [-0.39, 0.29) is 11.2 Å². The maximum atomic E-state index is 12.3. The van der Waals surface area contributed by atoms with Crippen molar-refractivity contribution >= 4 is 5.78 Å². The first-order chi connectivity index (χ1) is 8.69. The van der Waals surface area contributed by atoms with Gasteiger partial charge in [-0.15, -0.1) is 0 Å². The molecule has 1 aliphatic carbocycles. The van der Waals surface area contributed by atoms with Crippen LogP contribution in [0, 0.1) is 5.41 Å². The molecule has 2 N–H and O–H groups in total. The highest BCUT2D eigenvalue weighted by Crippen LogP contribution is 2.43. The molecule has 18 heavy (non-hydrogen) atoms. The van der Waals surface area contributed by atoms with Crippen molar-refractivity contribution in [1.29, 1.82) is 0 Å². The average molecular weight is 245 g/mol. The molecule has 0 saturated heterocycles. The average Bonchev–Trinajstić information content (AvgIpc) is 2.34. The quantitative estimate of drug-likeness (QED) is 0.781. The molecule has 0 unspecified atom stereocenters. The molecule has 0 amide bonds. The van der Waals surface area contributed by atoms with E-state index in [1.54, 1.807) is 0 Å². The summed E-state index contributed by atoms with van der Waals surface area (Å²) in [6, 6.07) is 8.08. The molecule has 0 bridgehead atoms. The van der Waals surface area contributed by atoms with Crippen LogP contribution in [0.4, 0.5) is 0 Å². The minimum Gasteiger partial charge on any atom is -0.330 e. The van der Waals surface area contributed by atoms with Crippen LogP contribution in [0.2, 0.25) is 0 Å². The standard InChI is InChI=1S/C16H23NO/c1-2-5-13-6-3-7-14(10-13)15(18)11-16(12-17)8-4-9-16/h3,6-7,10H,2,4-5,8-9,11-12,17H2,1H3. The van der Waals surface area contributed by atoms with Gasteiger partial charge in [0.05, 0.1) is 0 Å². The van der Waals surface area contributed by atoms with Crippen molar-refractivity contribution in [2.75, 3.05) is 6.54 Å². The third kappa shape index (κ3) is 2.81. The Morgan fingerprint density at radius 2 is 2.17 bits per heavy atom. The summed E-state index contributed by atoms with van der Waals surface area (Å²) in [6.45, 7) is 2.81. The number of carbonyl (C=O) groups is 1. The van der Waals surface area contributed by atoms with Crippen molar-refractivity contribution in [3.63, 3.8) is 0 Å². The summed E-state index contributed by atoms with van der Waals surface area (Å²) < 4.78 is 0. The fourth-order valence-electron chi connectivity index (χ4n) is 2.76. The topological polar surface area (TPSA) is 43.1 Å². The number of benzene rings is 1. The number of aryl methyl sites for hydroxylation is 1. The summed E-state index contributed by atoms with van der Waals surface area (Å²) in [5.74, 6) is 0.262. The highest BCUT2D eigenvalue weighted by molar-refractivity contribution is 5.96. The smallest absolute Gasteiger partial charge is 0.163 e. The van der Waals surface area contributed by atoms with Crippen molar-refractivity contribution < 1.29 is 4.79 Å². The number of carbonyl (C=O) groups excluding carboxylic acids is 1. The highest BCUT2D eigenvalue weighted by Gasteiger charge is 2.37. The van der Waals surface area contributed by atoms with Gasteiger partial charge in [-0.3, -0.25) is 4.79 Å². The van der Waals surface area contributed by atoms with Gasteiger partial charge in [0.2, 0.25) is 0 Å². The minimum absolute atomic E-state index is 0.109. The lowest BCUT2D eigenvalue weighted by Crippen LogP contribution is -2.39. The molecule has 0 radical (unpaired) electrons. The van der Waals surface area contributed by atoms with Crippen LogP contribution in [-0.4, -0.2) is 12.3 Å². The van der Waals surface area contributed by atoms with Crippen LogP contribution in [-0.2, 0) is 6.42 Å². The van der Waals surface area contributed by atoms with Gasteiger partial charge in [-0.1, -0.05) is 38.0 Å².